The van der Waals surface area contributed by atoms with Gasteiger partial charge < -0.3 is 19.7 Å². The molecule has 10 heteroatoms. The van der Waals surface area contributed by atoms with Gasteiger partial charge in [-0.25, -0.2) is 14.2 Å². The second kappa shape index (κ2) is 10.5. The normalized spacial score (nSPS) is 23.4. The fraction of sp³-hybridized carbons (Fsp3) is 0.407. The van der Waals surface area contributed by atoms with Crippen molar-refractivity contribution in [2.75, 3.05) is 33.1 Å². The van der Waals surface area contributed by atoms with E-state index in [0.717, 1.165) is 43.7 Å². The predicted octanol–water partition coefficient (Wildman–Crippen LogP) is 5.94. The van der Waals surface area contributed by atoms with Crippen LogP contribution < -0.4 is 20.1 Å². The van der Waals surface area contributed by atoms with Crippen molar-refractivity contribution in [3.05, 3.63) is 58.2 Å². The molecular weight excluding hydrogens is 515 g/mol. The molecule has 2 fully saturated rings. The van der Waals surface area contributed by atoms with E-state index in [-0.39, 0.29) is 28.1 Å². The Bertz CT molecular complexity index is 1280. The number of nitrogens with zero attached hydrogens (tertiary/aromatic N) is 2. The summed E-state index contributed by atoms with van der Waals surface area (Å²) in [6.45, 7) is 0.998. The van der Waals surface area contributed by atoms with E-state index in [1.807, 2.05) is 6.07 Å². The highest BCUT2D eigenvalue weighted by molar-refractivity contribution is 7.14. The minimum Gasteiger partial charge on any atom is -0.493 e. The summed E-state index contributed by atoms with van der Waals surface area (Å²) in [5, 5.41) is 8.29. The molecular formula is C27H30ClFN4O3S. The van der Waals surface area contributed by atoms with Gasteiger partial charge in [0.15, 0.2) is 16.6 Å². The van der Waals surface area contributed by atoms with E-state index in [0.29, 0.717) is 16.9 Å². The van der Waals surface area contributed by atoms with Crippen molar-refractivity contribution in [2.45, 2.75) is 43.2 Å². The first-order chi connectivity index (χ1) is 17.8. The van der Waals surface area contributed by atoms with Gasteiger partial charge in [-0.3, -0.25) is 5.32 Å². The third-order valence-corrected chi connectivity index (χ3v) is 8.84. The molecule has 196 valence electrons. The lowest BCUT2D eigenvalue weighted by Crippen LogP contribution is -2.52. The average Bonchev–Trinajstić information content (AvgIpc) is 3.48. The van der Waals surface area contributed by atoms with Gasteiger partial charge in [0.1, 0.15) is 5.82 Å². The molecule has 1 aromatic heterocycles. The number of nitrogens with one attached hydrogen (secondary N) is 2. The van der Waals surface area contributed by atoms with Crippen LogP contribution in [0.1, 0.15) is 31.2 Å². The molecule has 0 unspecified atom stereocenters. The van der Waals surface area contributed by atoms with Crippen molar-refractivity contribution in [1.29, 1.82) is 0 Å². The molecule has 2 N–H and O–H groups in total. The Balaban J connectivity index is 1.26. The highest BCUT2D eigenvalue weighted by atomic mass is 35.5. The summed E-state index contributed by atoms with van der Waals surface area (Å²) in [5.74, 6) is 1.01. The lowest BCUT2D eigenvalue weighted by atomic mass is 9.65. The molecule has 5 rings (SSSR count). The van der Waals surface area contributed by atoms with Crippen molar-refractivity contribution in [2.24, 2.45) is 0 Å². The van der Waals surface area contributed by atoms with Crippen LogP contribution in [0.3, 0.4) is 0 Å². The van der Waals surface area contributed by atoms with E-state index < -0.39 is 5.82 Å². The fourth-order valence-electron chi connectivity index (χ4n) is 5.90. The number of amides is 2. The highest BCUT2D eigenvalue weighted by Gasteiger charge is 2.50. The first kappa shape index (κ1) is 25.8. The molecule has 2 heterocycles. The molecule has 37 heavy (non-hydrogen) atoms. The third kappa shape index (κ3) is 4.87. The van der Waals surface area contributed by atoms with Gasteiger partial charge in [-0.15, -0.1) is 11.3 Å². The number of carbonyl (C=O) groups excluding carboxylic acids is 1. The number of methoxy groups -OCH3 is 2. The molecule has 2 aromatic carbocycles. The maximum atomic E-state index is 14.3. The van der Waals surface area contributed by atoms with E-state index in [1.165, 1.54) is 23.0 Å². The molecule has 0 radical (unpaired) electrons. The van der Waals surface area contributed by atoms with Gasteiger partial charge in [0.05, 0.1) is 30.5 Å². The van der Waals surface area contributed by atoms with Crippen molar-refractivity contribution in [1.82, 2.24) is 15.2 Å². The summed E-state index contributed by atoms with van der Waals surface area (Å²) in [6.07, 6.45) is 3.71. The minimum absolute atomic E-state index is 0.00614. The van der Waals surface area contributed by atoms with Crippen LogP contribution in [0.4, 0.5) is 14.3 Å². The Morgan fingerprint density at radius 3 is 2.78 bits per heavy atom. The zero-order valence-corrected chi connectivity index (χ0v) is 22.6. The summed E-state index contributed by atoms with van der Waals surface area (Å²) in [5.41, 5.74) is 1.89. The highest BCUT2D eigenvalue weighted by Crippen LogP contribution is 2.50. The van der Waals surface area contributed by atoms with Crippen LogP contribution in [0.5, 0.6) is 11.5 Å². The molecule has 1 aliphatic heterocycles. The number of fused-ring (bicyclic) bond motifs is 1. The van der Waals surface area contributed by atoms with E-state index in [9.17, 15) is 9.18 Å². The number of hydrogen-bond donors (Lipinski definition) is 2. The van der Waals surface area contributed by atoms with Gasteiger partial charge in [-0.1, -0.05) is 23.7 Å². The molecule has 2 aliphatic rings. The number of urea groups is 1. The smallest absolute Gasteiger partial charge is 0.321 e. The van der Waals surface area contributed by atoms with E-state index in [4.69, 9.17) is 21.1 Å². The number of likely N-dealkylation sites (tertiary alicyclic amines) is 1. The second-order valence-electron chi connectivity index (χ2n) is 9.68. The number of benzene rings is 2. The molecule has 1 saturated carbocycles. The maximum absolute atomic E-state index is 14.3. The van der Waals surface area contributed by atoms with Crippen LogP contribution in [-0.4, -0.2) is 55.8 Å². The molecule has 1 saturated heterocycles. The Morgan fingerprint density at radius 1 is 1.22 bits per heavy atom. The first-order valence-electron chi connectivity index (χ1n) is 12.2. The Morgan fingerprint density at radius 2 is 2.03 bits per heavy atom. The number of halogens is 2. The molecule has 7 nitrogen and oxygen atoms in total. The van der Waals surface area contributed by atoms with Crippen LogP contribution in [0.2, 0.25) is 5.02 Å². The van der Waals surface area contributed by atoms with Crippen molar-refractivity contribution >= 4 is 34.1 Å². The predicted molar refractivity (Wildman–Crippen MR) is 145 cm³/mol. The van der Waals surface area contributed by atoms with Crippen LogP contribution in [0.15, 0.2) is 41.8 Å². The fourth-order valence-corrected chi connectivity index (χ4v) is 6.86. The molecule has 0 bridgehead atoms. The van der Waals surface area contributed by atoms with Gasteiger partial charge in [-0.2, -0.15) is 0 Å². The van der Waals surface area contributed by atoms with E-state index in [2.05, 4.69) is 39.7 Å². The number of rotatable bonds is 6. The van der Waals surface area contributed by atoms with Gasteiger partial charge in [0.25, 0.3) is 0 Å². The van der Waals surface area contributed by atoms with E-state index >= 15 is 0 Å². The summed E-state index contributed by atoms with van der Waals surface area (Å²) in [4.78, 5) is 19.6. The lowest BCUT2D eigenvalue weighted by molar-refractivity contribution is 0.156. The summed E-state index contributed by atoms with van der Waals surface area (Å²) in [6, 6.07) is 10.7. The molecule has 3 atom stereocenters. The summed E-state index contributed by atoms with van der Waals surface area (Å²) >= 11 is 7.39. The summed E-state index contributed by atoms with van der Waals surface area (Å²) in [7, 11) is 5.46. The third-order valence-electron chi connectivity index (χ3n) is 7.76. The summed E-state index contributed by atoms with van der Waals surface area (Å²) < 4.78 is 25.3. The SMILES string of the molecule is COc1ccc([C@@]23CC[C@@H](NC(=O)Nc4nc(-c5c(F)cccc5Cl)cs4)C[C@@H]2N(C)CC3)cc1OC. The molecule has 1 aliphatic carbocycles. The lowest BCUT2D eigenvalue weighted by Gasteiger charge is -2.45. The van der Waals surface area contributed by atoms with Crippen molar-refractivity contribution < 1.29 is 18.7 Å². The van der Waals surface area contributed by atoms with Crippen LogP contribution in [-0.2, 0) is 5.41 Å². The Hall–Kier alpha value is -2.88. The Kier molecular flexibility index (Phi) is 7.29. The first-order valence-corrected chi connectivity index (χ1v) is 13.5. The number of likely N-dealkylation sites (N-methyl/N-ethyl adjacent to an activating group) is 1. The second-order valence-corrected chi connectivity index (χ2v) is 10.9. The molecule has 2 amide bonds. The van der Waals surface area contributed by atoms with Crippen LogP contribution >= 0.6 is 22.9 Å². The number of aromatic nitrogens is 1. The standard InChI is InChI=1S/C27H30ClFN4O3S/c1-33-12-11-27(16-7-8-21(35-2)22(13-16)36-3)10-9-17(14-23(27)33)30-25(34)32-26-31-20(15-37-26)24-18(28)5-4-6-19(24)29/h4-8,13,15,17,23H,9-12,14H2,1-3H3,(H2,30,31,32,34)/t17-,23+,27+/m1/s1. The number of hydrogen-bond acceptors (Lipinski definition) is 6. The monoisotopic (exact) mass is 544 g/mol. The van der Waals surface area contributed by atoms with Crippen LogP contribution in [0, 0.1) is 5.82 Å². The molecule has 3 aromatic rings. The zero-order chi connectivity index (χ0) is 26.2. The zero-order valence-electron chi connectivity index (χ0n) is 21.0. The largest absolute Gasteiger partial charge is 0.493 e. The number of thiazole rings is 1. The average molecular weight is 545 g/mol. The van der Waals surface area contributed by atoms with E-state index in [1.54, 1.807) is 31.7 Å². The van der Waals surface area contributed by atoms with Crippen LogP contribution in [0.25, 0.3) is 11.3 Å². The Labute approximate surface area is 224 Å². The number of carbonyl (C=O) groups is 1. The number of anilines is 1. The maximum Gasteiger partial charge on any atom is 0.321 e. The van der Waals surface area contributed by atoms with Crippen molar-refractivity contribution in [3.8, 4) is 22.8 Å². The van der Waals surface area contributed by atoms with Crippen molar-refractivity contribution in [3.63, 3.8) is 0 Å². The van der Waals surface area contributed by atoms with Gasteiger partial charge in [0, 0.05) is 22.9 Å². The number of ether oxygens (including phenoxy) is 2. The van der Waals surface area contributed by atoms with Gasteiger partial charge in [-0.05, 0) is 69.1 Å². The quantitative estimate of drug-likeness (QED) is 0.402. The molecule has 0 spiro atoms. The topological polar surface area (TPSA) is 75.7 Å². The van der Waals surface area contributed by atoms with Gasteiger partial charge in [0.2, 0.25) is 0 Å². The minimum atomic E-state index is -0.449. The van der Waals surface area contributed by atoms with Gasteiger partial charge >= 0.3 is 6.03 Å².